The summed E-state index contributed by atoms with van der Waals surface area (Å²) in [5.41, 5.74) is 2.87. The zero-order chi connectivity index (χ0) is 17.4. The van der Waals surface area contributed by atoms with Gasteiger partial charge in [0.2, 0.25) is 5.91 Å². The van der Waals surface area contributed by atoms with Crippen LogP contribution in [0, 0.1) is 13.8 Å². The van der Waals surface area contributed by atoms with Crippen molar-refractivity contribution < 1.29 is 9.32 Å². The first kappa shape index (κ1) is 16.0. The van der Waals surface area contributed by atoms with Crippen LogP contribution in [0.25, 0.3) is 10.2 Å². The monoisotopic (exact) mass is 357 g/mol. The second-order valence-corrected chi connectivity index (χ2v) is 7.22. The Hall–Kier alpha value is -2.48. The van der Waals surface area contributed by atoms with Crippen molar-refractivity contribution >= 4 is 33.3 Å². The summed E-state index contributed by atoms with van der Waals surface area (Å²) in [4.78, 5) is 23.0. The third-order valence-electron chi connectivity index (χ3n) is 4.55. The lowest BCUT2D eigenvalue weighted by Crippen LogP contribution is -2.59. The van der Waals surface area contributed by atoms with Crippen molar-refractivity contribution in [3.8, 4) is 0 Å². The molecule has 1 N–H and O–H groups in total. The Bertz CT molecular complexity index is 893. The third-order valence-corrected chi connectivity index (χ3v) is 5.45. The molecule has 0 bridgehead atoms. The maximum atomic E-state index is 12.2. The van der Waals surface area contributed by atoms with E-state index >= 15 is 0 Å². The molecule has 130 valence electrons. The van der Waals surface area contributed by atoms with Crippen molar-refractivity contribution in [3.05, 3.63) is 34.8 Å². The minimum atomic E-state index is 0.0635. The number of hydrogen-bond donors (Lipinski definition) is 1. The van der Waals surface area contributed by atoms with E-state index < -0.39 is 0 Å². The van der Waals surface area contributed by atoms with E-state index in [1.54, 1.807) is 17.7 Å². The molecule has 1 saturated heterocycles. The predicted molar refractivity (Wildman–Crippen MR) is 95.9 cm³/mol. The predicted octanol–water partition coefficient (Wildman–Crippen LogP) is 2.23. The van der Waals surface area contributed by atoms with Gasteiger partial charge in [-0.25, -0.2) is 9.97 Å². The molecule has 1 amide bonds. The van der Waals surface area contributed by atoms with E-state index in [0.29, 0.717) is 12.8 Å². The molecule has 3 aromatic rings. The Kier molecular flexibility index (Phi) is 4.12. The van der Waals surface area contributed by atoms with Crippen LogP contribution in [-0.2, 0) is 11.2 Å². The molecule has 4 rings (SSSR count). The van der Waals surface area contributed by atoms with E-state index in [1.807, 2.05) is 25.3 Å². The number of amides is 1. The summed E-state index contributed by atoms with van der Waals surface area (Å²) in [6, 6.07) is 2.17. The summed E-state index contributed by atoms with van der Waals surface area (Å²) in [5.74, 6) is 1.82. The van der Waals surface area contributed by atoms with Gasteiger partial charge in [0.1, 0.15) is 17.9 Å². The molecule has 0 spiro atoms. The van der Waals surface area contributed by atoms with Gasteiger partial charge < -0.3 is 14.7 Å². The first-order chi connectivity index (χ1) is 12.1. The highest BCUT2D eigenvalue weighted by molar-refractivity contribution is 7.17. The Morgan fingerprint density at radius 1 is 1.40 bits per heavy atom. The highest BCUT2D eigenvalue weighted by atomic mass is 32.1. The van der Waals surface area contributed by atoms with Crippen molar-refractivity contribution in [1.29, 1.82) is 0 Å². The van der Waals surface area contributed by atoms with Crippen molar-refractivity contribution in [3.63, 3.8) is 0 Å². The summed E-state index contributed by atoms with van der Waals surface area (Å²) in [6.45, 7) is 5.34. The fourth-order valence-corrected chi connectivity index (χ4v) is 4.00. The van der Waals surface area contributed by atoms with Crippen LogP contribution in [-0.4, -0.2) is 40.2 Å². The second kappa shape index (κ2) is 6.44. The summed E-state index contributed by atoms with van der Waals surface area (Å²) in [6.07, 6.45) is 2.70. The Morgan fingerprint density at radius 2 is 2.24 bits per heavy atom. The van der Waals surface area contributed by atoms with E-state index in [4.69, 9.17) is 4.52 Å². The van der Waals surface area contributed by atoms with Crippen LogP contribution in [0.1, 0.15) is 23.4 Å². The molecule has 8 heteroatoms. The van der Waals surface area contributed by atoms with Gasteiger partial charge in [0.15, 0.2) is 0 Å². The third kappa shape index (κ3) is 3.09. The van der Waals surface area contributed by atoms with Crippen LogP contribution in [0.15, 0.2) is 22.3 Å². The first-order valence-corrected chi connectivity index (χ1v) is 9.14. The highest BCUT2D eigenvalue weighted by Gasteiger charge is 2.30. The number of rotatable bonds is 5. The maximum absolute atomic E-state index is 12.2. The summed E-state index contributed by atoms with van der Waals surface area (Å²) >= 11 is 1.65. The molecule has 1 aliphatic heterocycles. The number of fused-ring (bicyclic) bond motifs is 1. The van der Waals surface area contributed by atoms with Crippen molar-refractivity contribution in [1.82, 2.24) is 20.4 Å². The number of carbonyl (C=O) groups is 1. The topological polar surface area (TPSA) is 84.2 Å². The second-order valence-electron chi connectivity index (χ2n) is 6.30. The van der Waals surface area contributed by atoms with E-state index in [2.05, 4.69) is 25.3 Å². The molecule has 0 aromatic carbocycles. The number of nitrogens with one attached hydrogen (secondary N) is 1. The van der Waals surface area contributed by atoms with Gasteiger partial charge in [0.05, 0.1) is 22.0 Å². The van der Waals surface area contributed by atoms with Gasteiger partial charge in [-0.2, -0.15) is 0 Å². The molecule has 0 unspecified atom stereocenters. The van der Waals surface area contributed by atoms with Crippen LogP contribution in [0.2, 0.25) is 0 Å². The van der Waals surface area contributed by atoms with Gasteiger partial charge in [-0.3, -0.25) is 4.79 Å². The first-order valence-electron chi connectivity index (χ1n) is 8.26. The Morgan fingerprint density at radius 3 is 3.00 bits per heavy atom. The Labute approximate surface area is 149 Å². The summed E-state index contributed by atoms with van der Waals surface area (Å²) in [5, 5.41) is 9.03. The number of carbonyl (C=O) groups excluding carboxylic acids is 1. The zero-order valence-electron chi connectivity index (χ0n) is 14.2. The van der Waals surface area contributed by atoms with E-state index in [-0.39, 0.29) is 11.9 Å². The molecule has 7 nitrogen and oxygen atoms in total. The average molecular weight is 357 g/mol. The maximum Gasteiger partial charge on any atom is 0.220 e. The fourth-order valence-electron chi connectivity index (χ4n) is 3.14. The van der Waals surface area contributed by atoms with Crippen molar-refractivity contribution in [2.24, 2.45) is 0 Å². The van der Waals surface area contributed by atoms with Gasteiger partial charge in [0.25, 0.3) is 0 Å². The number of thiophene rings is 1. The van der Waals surface area contributed by atoms with E-state index in [0.717, 1.165) is 46.1 Å². The number of hydrogen-bond acceptors (Lipinski definition) is 7. The van der Waals surface area contributed by atoms with E-state index in [1.165, 1.54) is 0 Å². The largest absolute Gasteiger partial charge is 0.361 e. The van der Waals surface area contributed by atoms with Gasteiger partial charge in [-0.15, -0.1) is 11.3 Å². The van der Waals surface area contributed by atoms with Crippen LogP contribution in [0.3, 0.4) is 0 Å². The van der Waals surface area contributed by atoms with E-state index in [9.17, 15) is 4.79 Å². The number of nitrogens with zero attached hydrogens (tertiary/aromatic N) is 4. The number of anilines is 1. The van der Waals surface area contributed by atoms with Crippen LogP contribution in [0.5, 0.6) is 0 Å². The molecule has 4 heterocycles. The van der Waals surface area contributed by atoms with Crippen LogP contribution in [0.4, 0.5) is 5.82 Å². The number of aromatic nitrogens is 3. The van der Waals surface area contributed by atoms with Gasteiger partial charge in [-0.05, 0) is 31.7 Å². The summed E-state index contributed by atoms with van der Waals surface area (Å²) < 4.78 is 6.24. The van der Waals surface area contributed by atoms with Crippen molar-refractivity contribution in [2.45, 2.75) is 32.7 Å². The normalized spacial score (nSPS) is 14.7. The van der Waals surface area contributed by atoms with Gasteiger partial charge in [0, 0.05) is 25.1 Å². The minimum absolute atomic E-state index is 0.0635. The molecule has 1 fully saturated rings. The summed E-state index contributed by atoms with van der Waals surface area (Å²) in [7, 11) is 0. The SMILES string of the molecule is Cc1noc(C)c1CCC(=O)NC1CN(c2ncnc3ccsc23)C1. The molecular weight excluding hydrogens is 338 g/mol. The number of aryl methyl sites for hydroxylation is 2. The van der Waals surface area contributed by atoms with Crippen molar-refractivity contribution in [2.75, 3.05) is 18.0 Å². The standard InChI is InChI=1S/C17H19N5O2S/c1-10-13(11(2)24-21-10)3-4-15(23)20-12-7-22(8-12)17-16-14(5-6-25-16)18-9-19-17/h5-6,9,12H,3-4,7-8H2,1-2H3,(H,20,23). The quantitative estimate of drug-likeness (QED) is 0.754. The van der Waals surface area contributed by atoms with Crippen LogP contribution >= 0.6 is 11.3 Å². The minimum Gasteiger partial charge on any atom is -0.361 e. The van der Waals surface area contributed by atoms with Gasteiger partial charge >= 0.3 is 0 Å². The lowest BCUT2D eigenvalue weighted by Gasteiger charge is -2.40. The highest BCUT2D eigenvalue weighted by Crippen LogP contribution is 2.30. The lowest BCUT2D eigenvalue weighted by molar-refractivity contribution is -0.121. The molecule has 1 aliphatic rings. The molecule has 0 saturated carbocycles. The molecule has 3 aromatic heterocycles. The smallest absolute Gasteiger partial charge is 0.220 e. The molecule has 25 heavy (non-hydrogen) atoms. The van der Waals surface area contributed by atoms with Crippen LogP contribution < -0.4 is 10.2 Å². The Balaban J connectivity index is 1.30. The molecular formula is C17H19N5O2S. The van der Waals surface area contributed by atoms with Gasteiger partial charge in [-0.1, -0.05) is 5.16 Å². The lowest BCUT2D eigenvalue weighted by atomic mass is 10.1. The molecule has 0 atom stereocenters. The fraction of sp³-hybridized carbons (Fsp3) is 0.412. The molecule has 0 aliphatic carbocycles. The zero-order valence-corrected chi connectivity index (χ0v) is 15.0. The average Bonchev–Trinajstić information content (AvgIpc) is 3.16. The molecule has 0 radical (unpaired) electrons.